The van der Waals surface area contributed by atoms with E-state index >= 15 is 0 Å². The summed E-state index contributed by atoms with van der Waals surface area (Å²) < 4.78 is 0. The van der Waals surface area contributed by atoms with E-state index in [2.05, 4.69) is 92.7 Å². The predicted octanol–water partition coefficient (Wildman–Crippen LogP) is 10.4. The molecule has 37 heavy (non-hydrogen) atoms. The lowest BCUT2D eigenvalue weighted by Crippen LogP contribution is -2.49. The van der Waals surface area contributed by atoms with Crippen molar-refractivity contribution in [1.29, 1.82) is 0 Å². The van der Waals surface area contributed by atoms with Gasteiger partial charge in [0.25, 0.3) is 0 Å². The Morgan fingerprint density at radius 3 is 2.24 bits per heavy atom. The molecule has 3 aliphatic carbocycles. The first-order chi connectivity index (χ1) is 18.1. The highest BCUT2D eigenvalue weighted by molar-refractivity contribution is 6.30. The van der Waals surface area contributed by atoms with Crippen molar-refractivity contribution in [3.63, 3.8) is 0 Å². The number of hydrogen-bond acceptors (Lipinski definition) is 0. The Bertz CT molecular complexity index is 1480. The molecule has 1 heteroatoms. The third kappa shape index (κ3) is 3.48. The highest BCUT2D eigenvalue weighted by atomic mass is 35.5. The quantitative estimate of drug-likeness (QED) is 0.261. The molecule has 0 heterocycles. The molecular formula is C36H35Cl. The van der Waals surface area contributed by atoms with Gasteiger partial charge in [0.15, 0.2) is 0 Å². The zero-order valence-electron chi connectivity index (χ0n) is 21.9. The molecule has 0 saturated heterocycles. The first kappa shape index (κ1) is 23.3. The lowest BCUT2D eigenvalue weighted by atomic mass is 9.49. The monoisotopic (exact) mass is 502 g/mol. The molecule has 186 valence electrons. The maximum Gasteiger partial charge on any atom is 0.0412 e. The molecule has 0 aromatic heterocycles. The minimum atomic E-state index is 0.136. The summed E-state index contributed by atoms with van der Waals surface area (Å²) in [6.45, 7) is 4.97. The molecule has 3 aliphatic rings. The number of rotatable bonds is 3. The van der Waals surface area contributed by atoms with Gasteiger partial charge in [0, 0.05) is 10.4 Å². The number of hydrogen-bond donors (Lipinski definition) is 0. The highest BCUT2D eigenvalue weighted by Crippen LogP contribution is 2.65. The molecule has 0 radical (unpaired) electrons. The van der Waals surface area contributed by atoms with E-state index in [0.29, 0.717) is 5.92 Å². The maximum absolute atomic E-state index is 6.34. The smallest absolute Gasteiger partial charge is 0.0412 e. The second kappa shape index (κ2) is 8.88. The predicted molar refractivity (Wildman–Crippen MR) is 157 cm³/mol. The van der Waals surface area contributed by atoms with E-state index in [4.69, 9.17) is 11.6 Å². The van der Waals surface area contributed by atoms with Gasteiger partial charge in [0.1, 0.15) is 0 Å². The van der Waals surface area contributed by atoms with Gasteiger partial charge >= 0.3 is 0 Å². The van der Waals surface area contributed by atoms with Crippen LogP contribution >= 0.6 is 11.6 Å². The minimum absolute atomic E-state index is 0.136. The second-order valence-electron chi connectivity index (χ2n) is 11.9. The molecule has 0 nitrogen and oxygen atoms in total. The summed E-state index contributed by atoms with van der Waals surface area (Å²) >= 11 is 6.34. The molecule has 4 aromatic carbocycles. The minimum Gasteiger partial charge on any atom is -0.0843 e. The Labute approximate surface area is 226 Å². The normalized spacial score (nSPS) is 27.6. The van der Waals surface area contributed by atoms with Crippen LogP contribution in [0.5, 0.6) is 0 Å². The Hall–Kier alpha value is -2.83. The van der Waals surface area contributed by atoms with Crippen LogP contribution in [0, 0.1) is 23.7 Å². The largest absolute Gasteiger partial charge is 0.0843 e. The summed E-state index contributed by atoms with van der Waals surface area (Å²) in [4.78, 5) is 0. The summed E-state index contributed by atoms with van der Waals surface area (Å²) in [5.41, 5.74) is 11.3. The van der Waals surface area contributed by atoms with Gasteiger partial charge in [-0.3, -0.25) is 0 Å². The summed E-state index contributed by atoms with van der Waals surface area (Å²) in [5.74, 6) is 3.17. The van der Waals surface area contributed by atoms with Crippen LogP contribution in [0.25, 0.3) is 33.4 Å². The van der Waals surface area contributed by atoms with Gasteiger partial charge in [-0.25, -0.2) is 0 Å². The first-order valence-corrected chi connectivity index (χ1v) is 14.6. The third-order valence-corrected chi connectivity index (χ3v) is 10.3. The van der Waals surface area contributed by atoms with Crippen molar-refractivity contribution in [2.45, 2.75) is 51.4 Å². The van der Waals surface area contributed by atoms with Crippen molar-refractivity contribution in [2.75, 3.05) is 0 Å². The van der Waals surface area contributed by atoms with Crippen LogP contribution in [0.2, 0.25) is 5.02 Å². The van der Waals surface area contributed by atoms with Crippen molar-refractivity contribution in [3.8, 4) is 33.4 Å². The first-order valence-electron chi connectivity index (χ1n) is 14.2. The molecule has 0 aliphatic heterocycles. The van der Waals surface area contributed by atoms with Crippen LogP contribution in [0.1, 0.15) is 57.1 Å². The molecule has 7 rings (SSSR count). The SMILES string of the molecule is CCC1CC2CC(C)C3(c4ccccc4-c4c(-c5cccc(-c6cccc(Cl)c6)c5)cccc43)C(C1)C2. The zero-order valence-corrected chi connectivity index (χ0v) is 22.6. The molecule has 5 atom stereocenters. The molecule has 0 N–H and O–H groups in total. The van der Waals surface area contributed by atoms with Crippen molar-refractivity contribution in [1.82, 2.24) is 0 Å². The van der Waals surface area contributed by atoms with Crippen LogP contribution < -0.4 is 0 Å². The molecule has 0 amide bonds. The molecule has 2 fully saturated rings. The lowest BCUT2D eigenvalue weighted by Gasteiger charge is -2.54. The van der Waals surface area contributed by atoms with E-state index in [1.165, 1.54) is 65.5 Å². The van der Waals surface area contributed by atoms with Gasteiger partial charge < -0.3 is 0 Å². The Kier molecular flexibility index (Phi) is 5.59. The Morgan fingerprint density at radius 1 is 0.703 bits per heavy atom. The average Bonchev–Trinajstić information content (AvgIpc) is 3.23. The van der Waals surface area contributed by atoms with Gasteiger partial charge in [-0.1, -0.05) is 105 Å². The van der Waals surface area contributed by atoms with E-state index in [0.717, 1.165) is 22.8 Å². The second-order valence-corrected chi connectivity index (χ2v) is 12.4. The van der Waals surface area contributed by atoms with E-state index in [1.54, 1.807) is 11.1 Å². The third-order valence-electron chi connectivity index (χ3n) is 10.1. The van der Waals surface area contributed by atoms with Crippen molar-refractivity contribution >= 4 is 11.6 Å². The summed E-state index contributed by atoms with van der Waals surface area (Å²) in [6.07, 6.45) is 6.89. The van der Waals surface area contributed by atoms with Gasteiger partial charge in [-0.15, -0.1) is 0 Å². The standard InChI is InChI=1S/C36H35Cl/c1-3-24-18-25-17-23(2)36(29(19-24)20-25)33-15-5-4-13-32(33)35-31(14-8-16-34(35)36)28-11-6-9-26(21-28)27-10-7-12-30(37)22-27/h4-16,21-25,29H,3,17-20H2,1-2H3. The Morgan fingerprint density at radius 2 is 1.41 bits per heavy atom. The summed E-state index contributed by atoms with van der Waals surface area (Å²) in [6, 6.07) is 33.8. The zero-order chi connectivity index (χ0) is 25.1. The molecule has 2 saturated carbocycles. The van der Waals surface area contributed by atoms with Crippen molar-refractivity contribution in [3.05, 3.63) is 107 Å². The van der Waals surface area contributed by atoms with E-state index in [1.807, 2.05) is 12.1 Å². The molecule has 1 spiro atoms. The fourth-order valence-electron chi connectivity index (χ4n) is 8.69. The fraction of sp³-hybridized carbons (Fsp3) is 0.333. The van der Waals surface area contributed by atoms with Gasteiger partial charge in [-0.05, 0) is 112 Å². The lowest BCUT2D eigenvalue weighted by molar-refractivity contribution is 0.0368. The van der Waals surface area contributed by atoms with Crippen LogP contribution in [-0.4, -0.2) is 0 Å². The van der Waals surface area contributed by atoms with E-state index in [9.17, 15) is 0 Å². The maximum atomic E-state index is 6.34. The molecular weight excluding hydrogens is 468 g/mol. The Balaban J connectivity index is 1.43. The number of halogens is 1. The van der Waals surface area contributed by atoms with E-state index in [-0.39, 0.29) is 5.41 Å². The molecule has 4 aromatic rings. The van der Waals surface area contributed by atoms with Crippen LogP contribution in [0.3, 0.4) is 0 Å². The van der Waals surface area contributed by atoms with Crippen molar-refractivity contribution in [2.24, 2.45) is 23.7 Å². The van der Waals surface area contributed by atoms with Crippen molar-refractivity contribution < 1.29 is 0 Å². The average molecular weight is 503 g/mol. The fourth-order valence-corrected chi connectivity index (χ4v) is 8.88. The summed E-state index contributed by atoms with van der Waals surface area (Å²) in [7, 11) is 0. The molecule has 5 unspecified atom stereocenters. The molecule has 2 bridgehead atoms. The van der Waals surface area contributed by atoms with Crippen LogP contribution in [0.15, 0.2) is 91.0 Å². The summed E-state index contributed by atoms with van der Waals surface area (Å²) in [5, 5.41) is 0.779. The van der Waals surface area contributed by atoms with Gasteiger partial charge in [0.05, 0.1) is 0 Å². The number of benzene rings is 4. The van der Waals surface area contributed by atoms with Gasteiger partial charge in [0.2, 0.25) is 0 Å². The highest BCUT2D eigenvalue weighted by Gasteiger charge is 2.56. The topological polar surface area (TPSA) is 0 Å². The number of fused-ring (bicyclic) bond motifs is 8. The van der Waals surface area contributed by atoms with E-state index < -0.39 is 0 Å². The van der Waals surface area contributed by atoms with Gasteiger partial charge in [-0.2, -0.15) is 0 Å². The van der Waals surface area contributed by atoms with Crippen LogP contribution in [-0.2, 0) is 5.41 Å². The van der Waals surface area contributed by atoms with Crippen LogP contribution in [0.4, 0.5) is 0 Å².